The lowest BCUT2D eigenvalue weighted by Gasteiger charge is -2.39. The minimum atomic E-state index is -0.0701. The van der Waals surface area contributed by atoms with Crippen LogP contribution in [-0.4, -0.2) is 56.1 Å². The van der Waals surface area contributed by atoms with Gasteiger partial charge in [0.05, 0.1) is 24.3 Å². The number of nitrogens with zero attached hydrogens (tertiary/aromatic N) is 4. The fraction of sp³-hybridized carbons (Fsp3) is 0.250. The van der Waals surface area contributed by atoms with Crippen LogP contribution >= 0.6 is 11.3 Å². The lowest BCUT2D eigenvalue weighted by molar-refractivity contribution is 0.103. The Morgan fingerprint density at radius 3 is 2.25 bits per heavy atom. The quantitative estimate of drug-likeness (QED) is 0.359. The van der Waals surface area contributed by atoms with Crippen molar-refractivity contribution in [2.24, 2.45) is 0 Å². The smallest absolute Gasteiger partial charge is 0.268 e. The second kappa shape index (κ2) is 9.81. The number of benzene rings is 2. The van der Waals surface area contributed by atoms with Crippen molar-refractivity contribution in [3.8, 4) is 10.4 Å². The summed E-state index contributed by atoms with van der Waals surface area (Å²) in [7, 11) is 0. The fourth-order valence-electron chi connectivity index (χ4n) is 5.07. The summed E-state index contributed by atoms with van der Waals surface area (Å²) < 4.78 is 0.660. The zero-order chi connectivity index (χ0) is 24.5. The maximum Gasteiger partial charge on any atom is 0.268 e. The third-order valence-corrected chi connectivity index (χ3v) is 8.06. The maximum absolute atomic E-state index is 12.8. The van der Waals surface area contributed by atoms with Gasteiger partial charge in [-0.3, -0.25) is 19.7 Å². The van der Waals surface area contributed by atoms with Gasteiger partial charge in [0.2, 0.25) is 0 Å². The third-order valence-electron chi connectivity index (χ3n) is 6.90. The molecule has 2 N–H and O–H groups in total. The summed E-state index contributed by atoms with van der Waals surface area (Å²) in [6.07, 6.45) is 1.80. The molecule has 1 saturated heterocycles. The second-order valence-corrected chi connectivity index (χ2v) is 10.3. The number of aromatic amines is 2. The minimum absolute atomic E-state index is 0.0701. The normalized spacial score (nSPS) is 15.2. The number of aryl methyl sites for hydroxylation is 1. The van der Waals surface area contributed by atoms with Crippen molar-refractivity contribution >= 4 is 21.6 Å². The largest absolute Gasteiger partial charge is 0.308 e. The summed E-state index contributed by atoms with van der Waals surface area (Å²) in [4.78, 5) is 26.6. The number of hydrogen-bond acceptors (Lipinski definition) is 6. The van der Waals surface area contributed by atoms with Crippen molar-refractivity contribution in [3.05, 3.63) is 106 Å². The van der Waals surface area contributed by atoms with E-state index in [0.29, 0.717) is 11.2 Å². The second-order valence-electron chi connectivity index (χ2n) is 9.28. The van der Waals surface area contributed by atoms with E-state index >= 15 is 0 Å². The summed E-state index contributed by atoms with van der Waals surface area (Å²) in [5.41, 5.74) is 5.31. The van der Waals surface area contributed by atoms with Crippen LogP contribution < -0.4 is 5.56 Å². The van der Waals surface area contributed by atoms with E-state index in [4.69, 9.17) is 4.98 Å². The molecule has 2 aromatic carbocycles. The summed E-state index contributed by atoms with van der Waals surface area (Å²) in [6.45, 7) is 6.35. The average molecular weight is 497 g/mol. The molecule has 1 aliphatic rings. The molecule has 0 atom stereocenters. The minimum Gasteiger partial charge on any atom is -0.308 e. The van der Waals surface area contributed by atoms with Crippen LogP contribution in [0.1, 0.15) is 28.7 Å². The number of piperazine rings is 1. The SMILES string of the molecule is Cc1[nH]ncc1-c1cc2nc(CN3CCN(C(c4ccccc4)c4ccccc4)CC3)[nH]c(=O)c2s1. The molecule has 0 amide bonds. The molecule has 0 saturated carbocycles. The van der Waals surface area contributed by atoms with Crippen LogP contribution in [0.3, 0.4) is 0 Å². The van der Waals surface area contributed by atoms with Crippen molar-refractivity contribution in [2.45, 2.75) is 19.5 Å². The molecule has 0 spiro atoms. The van der Waals surface area contributed by atoms with Gasteiger partial charge in [-0.1, -0.05) is 60.7 Å². The first-order chi connectivity index (χ1) is 17.7. The highest BCUT2D eigenvalue weighted by Crippen LogP contribution is 2.32. The van der Waals surface area contributed by atoms with Crippen LogP contribution in [0.5, 0.6) is 0 Å². The molecular weight excluding hydrogens is 468 g/mol. The number of rotatable bonds is 6. The van der Waals surface area contributed by atoms with Crippen molar-refractivity contribution in [3.63, 3.8) is 0 Å². The van der Waals surface area contributed by atoms with E-state index in [1.165, 1.54) is 22.5 Å². The first kappa shape index (κ1) is 22.8. The molecule has 0 unspecified atom stereocenters. The third kappa shape index (κ3) is 4.51. The highest BCUT2D eigenvalue weighted by molar-refractivity contribution is 7.22. The van der Waals surface area contributed by atoms with Crippen molar-refractivity contribution in [1.29, 1.82) is 0 Å². The van der Waals surface area contributed by atoms with E-state index in [9.17, 15) is 4.79 Å². The van der Waals surface area contributed by atoms with Gasteiger partial charge in [-0.15, -0.1) is 11.3 Å². The molecule has 36 heavy (non-hydrogen) atoms. The summed E-state index contributed by atoms with van der Waals surface area (Å²) in [5, 5.41) is 7.07. The molecule has 4 heterocycles. The molecular formula is C28H28N6OS. The van der Waals surface area contributed by atoms with Crippen LogP contribution in [-0.2, 0) is 6.54 Å². The zero-order valence-corrected chi connectivity index (χ0v) is 21.0. The molecule has 8 heteroatoms. The molecule has 0 bridgehead atoms. The average Bonchev–Trinajstić information content (AvgIpc) is 3.53. The Morgan fingerprint density at radius 1 is 0.972 bits per heavy atom. The Kier molecular flexibility index (Phi) is 6.23. The van der Waals surface area contributed by atoms with Gasteiger partial charge in [-0.25, -0.2) is 4.98 Å². The van der Waals surface area contributed by atoms with Crippen LogP contribution in [0.2, 0.25) is 0 Å². The fourth-order valence-corrected chi connectivity index (χ4v) is 6.13. The predicted molar refractivity (Wildman–Crippen MR) is 144 cm³/mol. The first-order valence-electron chi connectivity index (χ1n) is 12.2. The molecule has 6 rings (SSSR count). The lowest BCUT2D eigenvalue weighted by atomic mass is 9.96. The number of fused-ring (bicyclic) bond motifs is 1. The van der Waals surface area contributed by atoms with Crippen LogP contribution in [0.15, 0.2) is 77.7 Å². The Labute approximate surface area is 213 Å². The summed E-state index contributed by atoms with van der Waals surface area (Å²) in [5.74, 6) is 0.719. The number of aromatic nitrogens is 4. The molecule has 1 aliphatic heterocycles. The van der Waals surface area contributed by atoms with Crippen molar-refractivity contribution in [1.82, 2.24) is 30.0 Å². The van der Waals surface area contributed by atoms with Gasteiger partial charge in [-0.2, -0.15) is 5.10 Å². The zero-order valence-electron chi connectivity index (χ0n) is 20.1. The van der Waals surface area contributed by atoms with E-state index < -0.39 is 0 Å². The monoisotopic (exact) mass is 496 g/mol. The van der Waals surface area contributed by atoms with E-state index in [2.05, 4.69) is 85.6 Å². The maximum atomic E-state index is 12.8. The Morgan fingerprint density at radius 2 is 1.64 bits per heavy atom. The highest BCUT2D eigenvalue weighted by Gasteiger charge is 2.26. The number of nitrogens with one attached hydrogen (secondary N) is 2. The Hall–Kier alpha value is -3.59. The number of hydrogen-bond donors (Lipinski definition) is 2. The molecule has 7 nitrogen and oxygen atoms in total. The van der Waals surface area contributed by atoms with Gasteiger partial charge < -0.3 is 4.98 Å². The van der Waals surface area contributed by atoms with Crippen molar-refractivity contribution in [2.75, 3.05) is 26.2 Å². The van der Waals surface area contributed by atoms with Gasteiger partial charge in [0, 0.05) is 42.3 Å². The first-order valence-corrected chi connectivity index (χ1v) is 13.1. The van der Waals surface area contributed by atoms with Gasteiger partial charge in [-0.05, 0) is 24.1 Å². The van der Waals surface area contributed by atoms with Crippen LogP contribution in [0.25, 0.3) is 20.7 Å². The molecule has 0 radical (unpaired) electrons. The van der Waals surface area contributed by atoms with E-state index in [1.54, 1.807) is 6.20 Å². The summed E-state index contributed by atoms with van der Waals surface area (Å²) in [6, 6.07) is 23.7. The molecule has 0 aliphatic carbocycles. The van der Waals surface area contributed by atoms with Gasteiger partial charge in [0.15, 0.2) is 0 Å². The van der Waals surface area contributed by atoms with Gasteiger partial charge in [0.1, 0.15) is 10.5 Å². The van der Waals surface area contributed by atoms with E-state index in [1.807, 2.05) is 13.0 Å². The molecule has 5 aromatic rings. The van der Waals surface area contributed by atoms with Crippen LogP contribution in [0, 0.1) is 6.92 Å². The Bertz CT molecular complexity index is 1480. The highest BCUT2D eigenvalue weighted by atomic mass is 32.1. The summed E-state index contributed by atoms with van der Waals surface area (Å²) >= 11 is 1.46. The standard InChI is InChI=1S/C28H28N6OS/c1-19-22(17-29-32-19)24-16-23-27(36-24)28(35)31-25(30-23)18-33-12-14-34(15-13-33)26(20-8-4-2-5-9-20)21-10-6-3-7-11-21/h2-11,16-17,26H,12-15,18H2,1H3,(H,29,32)(H,30,31,35). The molecule has 1 fully saturated rings. The van der Waals surface area contributed by atoms with E-state index in [-0.39, 0.29) is 11.6 Å². The topological polar surface area (TPSA) is 80.9 Å². The molecule has 182 valence electrons. The predicted octanol–water partition coefficient (Wildman–Crippen LogP) is 4.59. The lowest BCUT2D eigenvalue weighted by Crippen LogP contribution is -2.47. The van der Waals surface area contributed by atoms with E-state index in [0.717, 1.165) is 53.7 Å². The van der Waals surface area contributed by atoms with Gasteiger partial charge in [0.25, 0.3) is 5.56 Å². The van der Waals surface area contributed by atoms with Crippen LogP contribution in [0.4, 0.5) is 0 Å². The molecule has 3 aromatic heterocycles. The van der Waals surface area contributed by atoms with Crippen molar-refractivity contribution < 1.29 is 0 Å². The number of H-pyrrole nitrogens is 2. The Balaban J connectivity index is 1.18. The van der Waals surface area contributed by atoms with Gasteiger partial charge >= 0.3 is 0 Å². The number of thiophene rings is 1.